The highest BCUT2D eigenvalue weighted by atomic mass is 32.1. The number of aliphatic hydroxyl groups is 1. The van der Waals surface area contributed by atoms with E-state index in [0.717, 1.165) is 30.2 Å². The minimum absolute atomic E-state index is 0.217. The third-order valence-electron chi connectivity index (χ3n) is 3.59. The molecule has 6 nitrogen and oxygen atoms in total. The summed E-state index contributed by atoms with van der Waals surface area (Å²) in [6, 6.07) is 3.52. The van der Waals surface area contributed by atoms with Crippen LogP contribution in [-0.4, -0.2) is 35.7 Å². The van der Waals surface area contributed by atoms with E-state index in [1.54, 1.807) is 36.7 Å². The van der Waals surface area contributed by atoms with Gasteiger partial charge in [-0.05, 0) is 39.8 Å². The minimum atomic E-state index is -1.13. The van der Waals surface area contributed by atoms with Crippen LogP contribution in [0.15, 0.2) is 27.8 Å². The zero-order valence-corrected chi connectivity index (χ0v) is 15.5. The van der Waals surface area contributed by atoms with E-state index >= 15 is 0 Å². The number of nitrogens with zero attached hydrogens (tertiary/aromatic N) is 2. The second-order valence-corrected chi connectivity index (χ2v) is 7.15. The van der Waals surface area contributed by atoms with E-state index < -0.39 is 5.60 Å². The lowest BCUT2D eigenvalue weighted by molar-refractivity contribution is 0.0437. The molecule has 2 rings (SSSR count). The van der Waals surface area contributed by atoms with Gasteiger partial charge in [0.15, 0.2) is 5.96 Å². The second-order valence-electron chi connectivity index (χ2n) is 5.86. The molecule has 0 bridgehead atoms. The number of aromatic nitrogens is 1. The summed E-state index contributed by atoms with van der Waals surface area (Å²) in [6.45, 7) is 9.51. The van der Waals surface area contributed by atoms with Gasteiger partial charge in [-0.2, -0.15) is 0 Å². The molecule has 0 fully saturated rings. The molecule has 0 amide bonds. The Morgan fingerprint density at radius 2 is 2.21 bits per heavy atom. The van der Waals surface area contributed by atoms with Crippen LogP contribution in [0.3, 0.4) is 0 Å². The molecule has 0 aromatic carbocycles. The summed E-state index contributed by atoms with van der Waals surface area (Å²) < 4.78 is 5.28. The van der Waals surface area contributed by atoms with Crippen molar-refractivity contribution in [1.29, 1.82) is 0 Å². The average molecular weight is 350 g/mol. The lowest BCUT2D eigenvalue weighted by Crippen LogP contribution is -2.39. The van der Waals surface area contributed by atoms with Gasteiger partial charge in [0.1, 0.15) is 11.4 Å². The number of aliphatic imine (C=N–C) groups is 1. The molecule has 3 N–H and O–H groups in total. The van der Waals surface area contributed by atoms with Crippen molar-refractivity contribution in [3.63, 3.8) is 0 Å². The first-order chi connectivity index (χ1) is 11.4. The van der Waals surface area contributed by atoms with E-state index in [1.165, 1.54) is 4.88 Å². The van der Waals surface area contributed by atoms with Gasteiger partial charge in [0.2, 0.25) is 0 Å². The van der Waals surface area contributed by atoms with Gasteiger partial charge in [0.25, 0.3) is 0 Å². The lowest BCUT2D eigenvalue weighted by atomic mass is 10.0. The van der Waals surface area contributed by atoms with Crippen LogP contribution in [0.25, 0.3) is 0 Å². The molecule has 2 aromatic rings. The first-order valence-electron chi connectivity index (χ1n) is 8.14. The molecule has 2 heterocycles. The summed E-state index contributed by atoms with van der Waals surface area (Å²) in [7, 11) is 0. The van der Waals surface area contributed by atoms with Gasteiger partial charge in [-0.3, -0.25) is 0 Å². The molecule has 0 radical (unpaired) electrons. The van der Waals surface area contributed by atoms with Gasteiger partial charge >= 0.3 is 0 Å². The topological polar surface area (TPSA) is 82.7 Å². The zero-order valence-electron chi connectivity index (χ0n) is 14.7. The SMILES string of the molecule is CCNC(=NCC(C)(O)c1ccco1)NCCc1sc(C)nc1C. The van der Waals surface area contributed by atoms with Crippen LogP contribution < -0.4 is 10.6 Å². The van der Waals surface area contributed by atoms with Crippen molar-refractivity contribution in [3.05, 3.63) is 39.7 Å². The monoisotopic (exact) mass is 350 g/mol. The predicted octanol–water partition coefficient (Wildman–Crippen LogP) is 2.36. The molecule has 0 aliphatic rings. The number of aryl methyl sites for hydroxylation is 2. The Bertz CT molecular complexity index is 662. The van der Waals surface area contributed by atoms with Crippen LogP contribution in [0.4, 0.5) is 0 Å². The molecule has 7 heteroatoms. The van der Waals surface area contributed by atoms with E-state index in [0.29, 0.717) is 11.7 Å². The molecular formula is C17H26N4O2S. The number of hydrogen-bond donors (Lipinski definition) is 3. The Morgan fingerprint density at radius 3 is 2.79 bits per heavy atom. The first kappa shape index (κ1) is 18.5. The average Bonchev–Trinajstić information content (AvgIpc) is 3.15. The summed E-state index contributed by atoms with van der Waals surface area (Å²) in [5.74, 6) is 1.20. The van der Waals surface area contributed by atoms with Crippen LogP contribution >= 0.6 is 11.3 Å². The smallest absolute Gasteiger partial charge is 0.191 e. The second kappa shape index (κ2) is 8.30. The molecule has 0 aliphatic carbocycles. The Kier molecular flexibility index (Phi) is 6.39. The molecule has 0 aliphatic heterocycles. The largest absolute Gasteiger partial charge is 0.466 e. The van der Waals surface area contributed by atoms with Crippen LogP contribution in [0.5, 0.6) is 0 Å². The van der Waals surface area contributed by atoms with E-state index in [1.807, 2.05) is 20.8 Å². The molecule has 132 valence electrons. The van der Waals surface area contributed by atoms with Gasteiger partial charge in [0.05, 0.1) is 23.5 Å². The van der Waals surface area contributed by atoms with E-state index in [9.17, 15) is 5.11 Å². The Labute approximate surface area is 147 Å². The van der Waals surface area contributed by atoms with Crippen LogP contribution in [0, 0.1) is 13.8 Å². The molecule has 24 heavy (non-hydrogen) atoms. The molecule has 0 saturated heterocycles. The molecule has 1 unspecified atom stereocenters. The fourth-order valence-electron chi connectivity index (χ4n) is 2.34. The number of rotatable bonds is 7. The summed E-state index contributed by atoms with van der Waals surface area (Å²) in [5, 5.41) is 18.1. The third kappa shape index (κ3) is 5.07. The maximum Gasteiger partial charge on any atom is 0.191 e. The van der Waals surface area contributed by atoms with E-state index in [2.05, 4.69) is 20.6 Å². The zero-order chi connectivity index (χ0) is 17.6. The fraction of sp³-hybridized carbons (Fsp3) is 0.529. The molecular weight excluding hydrogens is 324 g/mol. The van der Waals surface area contributed by atoms with Crippen molar-refractivity contribution >= 4 is 17.3 Å². The van der Waals surface area contributed by atoms with Crippen molar-refractivity contribution in [2.24, 2.45) is 4.99 Å². The first-order valence-corrected chi connectivity index (χ1v) is 8.95. The Morgan fingerprint density at radius 1 is 1.42 bits per heavy atom. The van der Waals surface area contributed by atoms with Gasteiger partial charge in [-0.1, -0.05) is 0 Å². The van der Waals surface area contributed by atoms with Crippen molar-refractivity contribution in [2.75, 3.05) is 19.6 Å². The van der Waals surface area contributed by atoms with Crippen molar-refractivity contribution in [3.8, 4) is 0 Å². The molecule has 0 spiro atoms. The molecule has 0 saturated carbocycles. The van der Waals surface area contributed by atoms with Gasteiger partial charge in [-0.15, -0.1) is 11.3 Å². The van der Waals surface area contributed by atoms with Crippen LogP contribution in [0.2, 0.25) is 0 Å². The summed E-state index contributed by atoms with van der Waals surface area (Å²) in [5.41, 5.74) is -0.0287. The highest BCUT2D eigenvalue weighted by molar-refractivity contribution is 7.11. The van der Waals surface area contributed by atoms with Gasteiger partial charge in [-0.25, -0.2) is 9.98 Å². The number of nitrogens with one attached hydrogen (secondary N) is 2. The van der Waals surface area contributed by atoms with Gasteiger partial charge in [0, 0.05) is 24.4 Å². The van der Waals surface area contributed by atoms with Gasteiger partial charge < -0.3 is 20.2 Å². The van der Waals surface area contributed by atoms with E-state index in [-0.39, 0.29) is 6.54 Å². The molecule has 2 aromatic heterocycles. The Hall–Kier alpha value is -1.86. The maximum absolute atomic E-state index is 10.5. The Balaban J connectivity index is 1.92. The van der Waals surface area contributed by atoms with Crippen molar-refractivity contribution < 1.29 is 9.52 Å². The van der Waals surface area contributed by atoms with Crippen LogP contribution in [-0.2, 0) is 12.0 Å². The lowest BCUT2D eigenvalue weighted by Gasteiger charge is -2.19. The highest BCUT2D eigenvalue weighted by Gasteiger charge is 2.26. The number of thiazole rings is 1. The maximum atomic E-state index is 10.5. The standard InChI is InChI=1S/C17H26N4O2S/c1-5-18-16(19-9-8-14-12(2)21-13(3)24-14)20-11-17(4,22)15-7-6-10-23-15/h6-7,10,22H,5,8-9,11H2,1-4H3,(H2,18,19,20). The van der Waals surface area contributed by atoms with E-state index in [4.69, 9.17) is 4.42 Å². The highest BCUT2D eigenvalue weighted by Crippen LogP contribution is 2.21. The summed E-state index contributed by atoms with van der Waals surface area (Å²) in [6.07, 6.45) is 2.45. The minimum Gasteiger partial charge on any atom is -0.466 e. The van der Waals surface area contributed by atoms with Crippen molar-refractivity contribution in [2.45, 2.75) is 39.7 Å². The normalized spacial score (nSPS) is 14.5. The van der Waals surface area contributed by atoms with Crippen LogP contribution in [0.1, 0.15) is 35.2 Å². The number of hydrogen-bond acceptors (Lipinski definition) is 5. The number of guanidine groups is 1. The summed E-state index contributed by atoms with van der Waals surface area (Å²) in [4.78, 5) is 10.2. The predicted molar refractivity (Wildman–Crippen MR) is 97.6 cm³/mol. The molecule has 1 atom stereocenters. The quantitative estimate of drug-likeness (QED) is 0.527. The number of furan rings is 1. The summed E-state index contributed by atoms with van der Waals surface area (Å²) >= 11 is 1.73. The van der Waals surface area contributed by atoms with Crippen molar-refractivity contribution in [1.82, 2.24) is 15.6 Å². The third-order valence-corrected chi connectivity index (χ3v) is 4.72. The fourth-order valence-corrected chi connectivity index (χ4v) is 3.27.